The summed E-state index contributed by atoms with van der Waals surface area (Å²) < 4.78 is 11.8. The second-order valence-electron chi connectivity index (χ2n) is 4.26. The van der Waals surface area contributed by atoms with Crippen LogP contribution in [0, 0.1) is 0 Å². The summed E-state index contributed by atoms with van der Waals surface area (Å²) in [6, 6.07) is 4.16. The van der Waals surface area contributed by atoms with Gasteiger partial charge in [0.1, 0.15) is 0 Å². The monoisotopic (exact) mass is 206 g/mol. The van der Waals surface area contributed by atoms with Crippen molar-refractivity contribution in [3.63, 3.8) is 0 Å². The minimum atomic E-state index is -0.496. The highest BCUT2D eigenvalue weighted by Gasteiger charge is 2.04. The minimum absolute atomic E-state index is 0.101. The van der Waals surface area contributed by atoms with Gasteiger partial charge in [-0.15, -0.1) is 0 Å². The number of hydrogen-bond donors (Lipinski definition) is 0. The summed E-state index contributed by atoms with van der Waals surface area (Å²) >= 11 is 0. The van der Waals surface area contributed by atoms with Crippen LogP contribution in [-0.4, -0.2) is 24.3 Å². The van der Waals surface area contributed by atoms with Crippen molar-refractivity contribution in [2.45, 2.75) is 50.6 Å². The Morgan fingerprint density at radius 1 is 0.917 bits per heavy atom. The SMILES string of the molecule is C[SiH](C)CCC[SiH](C)CCCF. The molecule has 0 aliphatic carbocycles. The van der Waals surface area contributed by atoms with Gasteiger partial charge < -0.3 is 0 Å². The van der Waals surface area contributed by atoms with Gasteiger partial charge in [0.2, 0.25) is 0 Å². The maximum Gasteiger partial charge on any atom is 0.0891 e. The molecule has 0 aliphatic heterocycles. The van der Waals surface area contributed by atoms with Crippen LogP contribution in [0.4, 0.5) is 4.39 Å². The average Bonchev–Trinajstić information content (AvgIpc) is 2.00. The highest BCUT2D eigenvalue weighted by Crippen LogP contribution is 2.10. The Bertz CT molecular complexity index is 96.5. The van der Waals surface area contributed by atoms with Gasteiger partial charge in [-0.25, -0.2) is 0 Å². The Labute approximate surface area is 79.8 Å². The smallest absolute Gasteiger partial charge is 0.0891 e. The lowest BCUT2D eigenvalue weighted by molar-refractivity contribution is 0.486. The molecule has 0 aromatic rings. The number of alkyl halides is 1. The first-order valence-corrected chi connectivity index (χ1v) is 11.1. The van der Waals surface area contributed by atoms with Crippen molar-refractivity contribution in [1.29, 1.82) is 0 Å². The van der Waals surface area contributed by atoms with Crippen molar-refractivity contribution >= 4 is 17.6 Å². The zero-order chi connectivity index (χ0) is 9.40. The summed E-state index contributed by atoms with van der Waals surface area (Å²) in [7, 11) is -0.805. The molecule has 0 saturated carbocycles. The van der Waals surface area contributed by atoms with E-state index in [9.17, 15) is 4.39 Å². The molecule has 0 spiro atoms. The third-order valence-electron chi connectivity index (χ3n) is 2.31. The largest absolute Gasteiger partial charge is 0.251 e. The van der Waals surface area contributed by atoms with Gasteiger partial charge in [0.25, 0.3) is 0 Å². The van der Waals surface area contributed by atoms with E-state index in [1.165, 1.54) is 24.6 Å². The van der Waals surface area contributed by atoms with Crippen LogP contribution in [0.2, 0.25) is 37.8 Å². The Morgan fingerprint density at radius 3 is 2.00 bits per heavy atom. The molecule has 0 bridgehead atoms. The van der Waals surface area contributed by atoms with E-state index in [-0.39, 0.29) is 15.5 Å². The van der Waals surface area contributed by atoms with Crippen molar-refractivity contribution in [3.05, 3.63) is 0 Å². The maximum absolute atomic E-state index is 11.8. The number of rotatable bonds is 7. The van der Waals surface area contributed by atoms with E-state index in [1.807, 2.05) is 0 Å². The molecule has 0 amide bonds. The summed E-state index contributed by atoms with van der Waals surface area (Å²) in [5.41, 5.74) is 0. The Balaban J connectivity index is 3.13. The third kappa shape index (κ3) is 8.46. The zero-order valence-corrected chi connectivity index (χ0v) is 11.1. The molecule has 0 aromatic carbocycles. The van der Waals surface area contributed by atoms with Gasteiger partial charge in [0, 0.05) is 17.6 Å². The topological polar surface area (TPSA) is 0 Å². The van der Waals surface area contributed by atoms with Crippen LogP contribution in [-0.2, 0) is 0 Å². The first-order chi connectivity index (χ1) is 5.66. The highest BCUT2D eigenvalue weighted by atomic mass is 28.3. The lowest BCUT2D eigenvalue weighted by Gasteiger charge is -2.08. The summed E-state index contributed by atoms with van der Waals surface area (Å²) in [5.74, 6) is 0. The second-order valence-corrected chi connectivity index (χ2v) is 11.0. The fourth-order valence-electron chi connectivity index (χ4n) is 1.44. The average molecular weight is 206 g/mol. The van der Waals surface area contributed by atoms with E-state index in [0.29, 0.717) is 0 Å². The van der Waals surface area contributed by atoms with Gasteiger partial charge in [0.05, 0.1) is 6.67 Å². The summed E-state index contributed by atoms with van der Waals surface area (Å²) in [4.78, 5) is 0. The lowest BCUT2D eigenvalue weighted by atomic mass is 10.5. The van der Waals surface area contributed by atoms with Crippen LogP contribution in [0.15, 0.2) is 0 Å². The second kappa shape index (κ2) is 7.98. The molecule has 0 aliphatic rings. The predicted molar refractivity (Wildman–Crippen MR) is 61.5 cm³/mol. The molecule has 1 unspecified atom stereocenters. The molecule has 0 fully saturated rings. The molecule has 1 atom stereocenters. The molecule has 3 heteroatoms. The normalized spacial score (nSPS) is 13.8. The molecule has 12 heavy (non-hydrogen) atoms. The van der Waals surface area contributed by atoms with E-state index >= 15 is 0 Å². The zero-order valence-electron chi connectivity index (χ0n) is 8.78. The van der Waals surface area contributed by atoms with Crippen LogP contribution in [0.5, 0.6) is 0 Å². The Hall–Kier alpha value is 0.364. The summed E-state index contributed by atoms with van der Waals surface area (Å²) in [6.45, 7) is 7.11. The highest BCUT2D eigenvalue weighted by molar-refractivity contribution is 6.58. The Morgan fingerprint density at radius 2 is 1.50 bits per heavy atom. The van der Waals surface area contributed by atoms with Crippen molar-refractivity contribution in [3.8, 4) is 0 Å². The van der Waals surface area contributed by atoms with Crippen molar-refractivity contribution < 1.29 is 4.39 Å². The van der Waals surface area contributed by atoms with E-state index < -0.39 is 8.80 Å². The van der Waals surface area contributed by atoms with Crippen molar-refractivity contribution in [2.24, 2.45) is 0 Å². The fraction of sp³-hybridized carbons (Fsp3) is 1.00. The Kier molecular flexibility index (Phi) is 8.23. The third-order valence-corrected chi connectivity index (χ3v) is 6.66. The molecular weight excluding hydrogens is 183 g/mol. The first-order valence-electron chi connectivity index (χ1n) is 5.22. The van der Waals surface area contributed by atoms with Crippen LogP contribution in [0.3, 0.4) is 0 Å². The molecule has 0 rings (SSSR count). The van der Waals surface area contributed by atoms with Crippen LogP contribution >= 0.6 is 0 Å². The minimum Gasteiger partial charge on any atom is -0.251 e. The first kappa shape index (κ1) is 12.4. The van der Waals surface area contributed by atoms with Gasteiger partial charge in [-0.2, -0.15) is 0 Å². The molecule has 0 heterocycles. The fourth-order valence-corrected chi connectivity index (χ4v) is 5.04. The molecule has 0 radical (unpaired) electrons. The molecule has 0 aromatic heterocycles. The van der Waals surface area contributed by atoms with Gasteiger partial charge in [-0.1, -0.05) is 44.2 Å². The summed E-state index contributed by atoms with van der Waals surface area (Å²) in [5, 5.41) is 0. The van der Waals surface area contributed by atoms with Gasteiger partial charge in [-0.3, -0.25) is 4.39 Å². The van der Waals surface area contributed by atoms with E-state index in [2.05, 4.69) is 19.6 Å². The molecular formula is C9H23FSi2. The van der Waals surface area contributed by atoms with E-state index in [1.54, 1.807) is 0 Å². The van der Waals surface area contributed by atoms with E-state index in [4.69, 9.17) is 0 Å². The van der Waals surface area contributed by atoms with Crippen LogP contribution in [0.25, 0.3) is 0 Å². The van der Waals surface area contributed by atoms with E-state index in [0.717, 1.165) is 6.42 Å². The summed E-state index contributed by atoms with van der Waals surface area (Å²) in [6.07, 6.45) is 2.26. The molecule has 0 saturated heterocycles. The van der Waals surface area contributed by atoms with Gasteiger partial charge in [-0.05, 0) is 6.42 Å². The van der Waals surface area contributed by atoms with Gasteiger partial charge in [0.15, 0.2) is 0 Å². The molecule has 0 nitrogen and oxygen atoms in total. The molecule has 0 N–H and O–H groups in total. The van der Waals surface area contributed by atoms with Crippen LogP contribution < -0.4 is 0 Å². The lowest BCUT2D eigenvalue weighted by Crippen LogP contribution is -2.08. The molecule has 74 valence electrons. The predicted octanol–water partition coefficient (Wildman–Crippen LogP) is 3.08. The quantitative estimate of drug-likeness (QED) is 0.562. The number of hydrogen-bond acceptors (Lipinski definition) is 0. The van der Waals surface area contributed by atoms with Crippen LogP contribution in [0.1, 0.15) is 12.8 Å². The van der Waals surface area contributed by atoms with Crippen molar-refractivity contribution in [1.82, 2.24) is 0 Å². The standard InChI is InChI=1S/C9H23FSi2/c1-11(2)7-5-9-12(3)8-4-6-10/h11-12H,4-9H2,1-3H3. The van der Waals surface area contributed by atoms with Crippen molar-refractivity contribution in [2.75, 3.05) is 6.67 Å². The van der Waals surface area contributed by atoms with Gasteiger partial charge >= 0.3 is 0 Å². The number of halogens is 1. The maximum atomic E-state index is 11.8.